The lowest BCUT2D eigenvalue weighted by molar-refractivity contribution is 0.356. The summed E-state index contributed by atoms with van der Waals surface area (Å²) in [7, 11) is 0. The lowest BCUT2D eigenvalue weighted by atomic mass is 9.99. The second kappa shape index (κ2) is 3.50. The Morgan fingerprint density at radius 1 is 1.77 bits per heavy atom. The molecule has 0 aromatic carbocycles. The van der Waals surface area contributed by atoms with Crippen molar-refractivity contribution in [2.24, 2.45) is 5.73 Å². The van der Waals surface area contributed by atoms with E-state index in [1.165, 1.54) is 18.7 Å². The molecule has 1 aliphatic heterocycles. The molecular weight excluding hydrogens is 162 g/mol. The molecule has 2 unspecified atom stereocenters. The Labute approximate surface area is 79.0 Å². The quantitative estimate of drug-likeness (QED) is 0.747. The Bertz CT molecular complexity index is 277. The third-order valence-electron chi connectivity index (χ3n) is 2.72. The number of aromatic nitrogens is 2. The van der Waals surface area contributed by atoms with Gasteiger partial charge in [-0.05, 0) is 26.2 Å². The van der Waals surface area contributed by atoms with Crippen LogP contribution in [0.25, 0.3) is 0 Å². The molecule has 0 aliphatic carbocycles. The van der Waals surface area contributed by atoms with Gasteiger partial charge < -0.3 is 10.3 Å². The maximum Gasteiger partial charge on any atom is 0.108 e. The van der Waals surface area contributed by atoms with Crippen molar-refractivity contribution >= 4 is 0 Å². The predicted octanol–water partition coefficient (Wildman–Crippen LogP) is 1.50. The molecule has 3 nitrogen and oxygen atoms in total. The molecule has 0 amide bonds. The average molecular weight is 179 g/mol. The molecular formula is C10H17N3. The number of imidazole rings is 1. The summed E-state index contributed by atoms with van der Waals surface area (Å²) in [6.07, 6.45) is 8.70. The fourth-order valence-electron chi connectivity index (χ4n) is 2.17. The van der Waals surface area contributed by atoms with Crippen LogP contribution >= 0.6 is 0 Å². The van der Waals surface area contributed by atoms with Gasteiger partial charge in [-0.25, -0.2) is 4.98 Å². The van der Waals surface area contributed by atoms with Gasteiger partial charge in [0, 0.05) is 30.9 Å². The van der Waals surface area contributed by atoms with Gasteiger partial charge in [-0.2, -0.15) is 0 Å². The van der Waals surface area contributed by atoms with E-state index in [0.29, 0.717) is 12.1 Å². The normalized spacial score (nSPS) is 24.0. The summed E-state index contributed by atoms with van der Waals surface area (Å²) in [5.74, 6) is 1.23. The van der Waals surface area contributed by atoms with E-state index < -0.39 is 0 Å². The van der Waals surface area contributed by atoms with Gasteiger partial charge >= 0.3 is 0 Å². The van der Waals surface area contributed by atoms with E-state index in [1.807, 2.05) is 6.20 Å². The molecule has 0 saturated carbocycles. The highest BCUT2D eigenvalue weighted by molar-refractivity contribution is 4.99. The van der Waals surface area contributed by atoms with Gasteiger partial charge in [0.2, 0.25) is 0 Å². The molecule has 0 spiro atoms. The Hall–Kier alpha value is -0.830. The number of fused-ring (bicyclic) bond motifs is 1. The van der Waals surface area contributed by atoms with Crippen LogP contribution in [0.15, 0.2) is 12.4 Å². The monoisotopic (exact) mass is 179 g/mol. The van der Waals surface area contributed by atoms with Gasteiger partial charge in [-0.3, -0.25) is 0 Å². The van der Waals surface area contributed by atoms with Crippen molar-refractivity contribution in [3.05, 3.63) is 18.2 Å². The fourth-order valence-corrected chi connectivity index (χ4v) is 2.17. The zero-order valence-corrected chi connectivity index (χ0v) is 8.11. The lowest BCUT2D eigenvalue weighted by Gasteiger charge is -2.26. The number of hydrogen-bond acceptors (Lipinski definition) is 2. The standard InChI is InChI=1S/C10H17N3/c1-8(11)7-9-3-2-4-10-12-5-6-13(9)10/h5-6,8-9H,2-4,7,11H2,1H3. The minimum absolute atomic E-state index is 0.290. The molecule has 2 heterocycles. The Kier molecular flexibility index (Phi) is 2.36. The second-order valence-corrected chi connectivity index (χ2v) is 4.01. The van der Waals surface area contributed by atoms with E-state index in [2.05, 4.69) is 22.7 Å². The molecule has 0 saturated heterocycles. The van der Waals surface area contributed by atoms with E-state index in [-0.39, 0.29) is 0 Å². The number of nitrogens with two attached hydrogens (primary N) is 1. The first-order valence-corrected chi connectivity index (χ1v) is 5.04. The van der Waals surface area contributed by atoms with Crippen LogP contribution in [0.2, 0.25) is 0 Å². The lowest BCUT2D eigenvalue weighted by Crippen LogP contribution is -2.25. The van der Waals surface area contributed by atoms with Crippen LogP contribution in [0.4, 0.5) is 0 Å². The third kappa shape index (κ3) is 1.75. The van der Waals surface area contributed by atoms with Crippen molar-refractivity contribution in [2.75, 3.05) is 0 Å². The molecule has 2 atom stereocenters. The van der Waals surface area contributed by atoms with Crippen molar-refractivity contribution in [1.29, 1.82) is 0 Å². The first-order valence-electron chi connectivity index (χ1n) is 5.04. The zero-order chi connectivity index (χ0) is 9.26. The second-order valence-electron chi connectivity index (χ2n) is 4.01. The smallest absolute Gasteiger partial charge is 0.108 e. The zero-order valence-electron chi connectivity index (χ0n) is 8.11. The molecule has 1 aliphatic rings. The van der Waals surface area contributed by atoms with Crippen molar-refractivity contribution in [2.45, 2.75) is 44.7 Å². The van der Waals surface area contributed by atoms with Crippen molar-refractivity contribution in [3.63, 3.8) is 0 Å². The van der Waals surface area contributed by atoms with E-state index in [4.69, 9.17) is 5.73 Å². The first-order chi connectivity index (χ1) is 6.27. The van der Waals surface area contributed by atoms with Crippen LogP contribution in [-0.4, -0.2) is 15.6 Å². The van der Waals surface area contributed by atoms with Crippen LogP contribution in [0.3, 0.4) is 0 Å². The molecule has 13 heavy (non-hydrogen) atoms. The number of rotatable bonds is 2. The summed E-state index contributed by atoms with van der Waals surface area (Å²) in [5, 5.41) is 0. The van der Waals surface area contributed by atoms with Crippen molar-refractivity contribution < 1.29 is 0 Å². The van der Waals surface area contributed by atoms with Crippen molar-refractivity contribution in [1.82, 2.24) is 9.55 Å². The summed E-state index contributed by atoms with van der Waals surface area (Å²) in [4.78, 5) is 4.34. The topological polar surface area (TPSA) is 43.8 Å². The van der Waals surface area contributed by atoms with E-state index in [9.17, 15) is 0 Å². The summed E-state index contributed by atoms with van der Waals surface area (Å²) >= 11 is 0. The minimum atomic E-state index is 0.290. The van der Waals surface area contributed by atoms with Crippen LogP contribution < -0.4 is 5.73 Å². The maximum atomic E-state index is 5.82. The van der Waals surface area contributed by atoms with Gasteiger partial charge in [-0.1, -0.05) is 0 Å². The van der Waals surface area contributed by atoms with Crippen LogP contribution in [-0.2, 0) is 6.42 Å². The summed E-state index contributed by atoms with van der Waals surface area (Å²) in [5.41, 5.74) is 5.82. The summed E-state index contributed by atoms with van der Waals surface area (Å²) in [6, 6.07) is 0.879. The Morgan fingerprint density at radius 2 is 2.62 bits per heavy atom. The molecule has 2 rings (SSSR count). The van der Waals surface area contributed by atoms with Gasteiger partial charge in [0.15, 0.2) is 0 Å². The summed E-state index contributed by atoms with van der Waals surface area (Å²) < 4.78 is 2.30. The maximum absolute atomic E-state index is 5.82. The van der Waals surface area contributed by atoms with E-state index in [1.54, 1.807) is 0 Å². The highest BCUT2D eigenvalue weighted by Crippen LogP contribution is 2.26. The number of nitrogens with zero attached hydrogens (tertiary/aromatic N) is 2. The summed E-state index contributed by atoms with van der Waals surface area (Å²) in [6.45, 7) is 2.07. The van der Waals surface area contributed by atoms with Crippen LogP contribution in [0, 0.1) is 0 Å². The third-order valence-corrected chi connectivity index (χ3v) is 2.72. The molecule has 0 fully saturated rings. The van der Waals surface area contributed by atoms with Gasteiger partial charge in [0.1, 0.15) is 5.82 Å². The first kappa shape index (κ1) is 8.75. The molecule has 1 aromatic heterocycles. The molecule has 2 N–H and O–H groups in total. The Balaban J connectivity index is 2.15. The fraction of sp³-hybridized carbons (Fsp3) is 0.700. The molecule has 1 aromatic rings. The molecule has 3 heteroatoms. The largest absolute Gasteiger partial charge is 0.332 e. The van der Waals surface area contributed by atoms with Gasteiger partial charge in [0.05, 0.1) is 0 Å². The molecule has 72 valence electrons. The van der Waals surface area contributed by atoms with Crippen molar-refractivity contribution in [3.8, 4) is 0 Å². The van der Waals surface area contributed by atoms with E-state index in [0.717, 1.165) is 12.8 Å². The average Bonchev–Trinajstić information content (AvgIpc) is 2.51. The Morgan fingerprint density at radius 3 is 3.38 bits per heavy atom. The van der Waals surface area contributed by atoms with Gasteiger partial charge in [-0.15, -0.1) is 0 Å². The highest BCUT2D eigenvalue weighted by atomic mass is 15.1. The molecule has 0 radical (unpaired) electrons. The highest BCUT2D eigenvalue weighted by Gasteiger charge is 2.20. The van der Waals surface area contributed by atoms with E-state index >= 15 is 0 Å². The van der Waals surface area contributed by atoms with Gasteiger partial charge in [0.25, 0.3) is 0 Å². The molecule has 0 bridgehead atoms. The number of aryl methyl sites for hydroxylation is 1. The van der Waals surface area contributed by atoms with Crippen LogP contribution in [0.1, 0.15) is 38.1 Å². The van der Waals surface area contributed by atoms with Crippen LogP contribution in [0.5, 0.6) is 0 Å². The number of hydrogen-bond donors (Lipinski definition) is 1. The minimum Gasteiger partial charge on any atom is -0.332 e. The predicted molar refractivity (Wildman–Crippen MR) is 52.5 cm³/mol. The SMILES string of the molecule is CC(N)CC1CCCc2nccn21.